The number of ether oxygens (including phenoxy) is 1. The van der Waals surface area contributed by atoms with E-state index < -0.39 is 0 Å². The van der Waals surface area contributed by atoms with Gasteiger partial charge in [-0.2, -0.15) is 5.10 Å². The smallest absolute Gasteiger partial charge is 0.266 e. The van der Waals surface area contributed by atoms with Crippen molar-refractivity contribution in [2.45, 2.75) is 38.6 Å². The lowest BCUT2D eigenvalue weighted by atomic mass is 9.72. The molecule has 5 nitrogen and oxygen atoms in total. The summed E-state index contributed by atoms with van der Waals surface area (Å²) in [5.74, 6) is 1.22. The molecule has 5 heteroatoms. The van der Waals surface area contributed by atoms with Crippen molar-refractivity contribution in [1.29, 1.82) is 0 Å². The zero-order valence-corrected chi connectivity index (χ0v) is 13.2. The van der Waals surface area contributed by atoms with Crippen LogP contribution >= 0.6 is 0 Å². The molecule has 2 aromatic rings. The van der Waals surface area contributed by atoms with Crippen LogP contribution in [-0.4, -0.2) is 23.0 Å². The molecule has 1 saturated heterocycles. The van der Waals surface area contributed by atoms with E-state index in [4.69, 9.17) is 9.15 Å². The molecular formula is C18H22N2O3. The van der Waals surface area contributed by atoms with Gasteiger partial charge in [0.15, 0.2) is 5.76 Å². The average molecular weight is 314 g/mol. The molecule has 0 amide bonds. The molecule has 0 bridgehead atoms. The van der Waals surface area contributed by atoms with Gasteiger partial charge >= 0.3 is 0 Å². The van der Waals surface area contributed by atoms with Gasteiger partial charge in [-0.1, -0.05) is 6.42 Å². The van der Waals surface area contributed by atoms with Crippen molar-refractivity contribution in [2.24, 2.45) is 11.3 Å². The van der Waals surface area contributed by atoms with E-state index in [0.717, 1.165) is 26.1 Å². The minimum absolute atomic E-state index is 0.0329. The van der Waals surface area contributed by atoms with Gasteiger partial charge in [-0.05, 0) is 55.2 Å². The lowest BCUT2D eigenvalue weighted by Gasteiger charge is -2.39. The van der Waals surface area contributed by atoms with Crippen LogP contribution in [0.1, 0.15) is 32.1 Å². The Morgan fingerprint density at radius 3 is 2.87 bits per heavy atom. The molecule has 23 heavy (non-hydrogen) atoms. The number of hydrogen-bond acceptors (Lipinski definition) is 4. The van der Waals surface area contributed by atoms with E-state index in [0.29, 0.717) is 29.3 Å². The Balaban J connectivity index is 1.61. The molecule has 122 valence electrons. The van der Waals surface area contributed by atoms with Crippen LogP contribution in [0.3, 0.4) is 0 Å². The molecule has 1 aliphatic heterocycles. The third kappa shape index (κ3) is 2.74. The van der Waals surface area contributed by atoms with Crippen LogP contribution < -0.4 is 5.56 Å². The molecule has 1 atom stereocenters. The first-order valence-electron chi connectivity index (χ1n) is 8.47. The van der Waals surface area contributed by atoms with Crippen LogP contribution in [0.25, 0.3) is 11.5 Å². The Morgan fingerprint density at radius 1 is 1.22 bits per heavy atom. The topological polar surface area (TPSA) is 57.3 Å². The van der Waals surface area contributed by atoms with Gasteiger partial charge in [-0.3, -0.25) is 4.79 Å². The van der Waals surface area contributed by atoms with Crippen LogP contribution in [0.15, 0.2) is 39.7 Å². The summed E-state index contributed by atoms with van der Waals surface area (Å²) in [7, 11) is 0. The number of aromatic nitrogens is 2. The highest BCUT2D eigenvalue weighted by Gasteiger charge is 2.43. The Kier molecular flexibility index (Phi) is 3.81. The molecule has 1 saturated carbocycles. The summed E-state index contributed by atoms with van der Waals surface area (Å²) < 4.78 is 12.6. The monoisotopic (exact) mass is 314 g/mol. The van der Waals surface area contributed by atoms with E-state index in [1.54, 1.807) is 23.1 Å². The molecule has 0 N–H and O–H groups in total. The second kappa shape index (κ2) is 5.96. The van der Waals surface area contributed by atoms with Crippen molar-refractivity contribution in [1.82, 2.24) is 9.78 Å². The first-order chi connectivity index (χ1) is 11.3. The Bertz CT molecular complexity index is 714. The predicted octanol–water partition coefficient (Wildman–Crippen LogP) is 3.10. The number of nitrogens with zero attached hydrogens (tertiary/aromatic N) is 2. The quantitative estimate of drug-likeness (QED) is 0.873. The summed E-state index contributed by atoms with van der Waals surface area (Å²) in [6, 6.07) is 7.03. The van der Waals surface area contributed by atoms with E-state index in [2.05, 4.69) is 5.10 Å². The van der Waals surface area contributed by atoms with Gasteiger partial charge in [0.2, 0.25) is 0 Å². The highest BCUT2D eigenvalue weighted by Crippen LogP contribution is 2.50. The predicted molar refractivity (Wildman–Crippen MR) is 86.0 cm³/mol. The van der Waals surface area contributed by atoms with Gasteiger partial charge in [0.05, 0.1) is 6.26 Å². The minimum atomic E-state index is -0.0329. The fourth-order valence-electron chi connectivity index (χ4n) is 4.28. The van der Waals surface area contributed by atoms with Crippen LogP contribution in [0.4, 0.5) is 0 Å². The molecule has 1 aliphatic carbocycles. The van der Waals surface area contributed by atoms with E-state index in [-0.39, 0.29) is 5.56 Å². The van der Waals surface area contributed by atoms with E-state index in [9.17, 15) is 4.79 Å². The molecule has 0 radical (unpaired) electrons. The lowest BCUT2D eigenvalue weighted by Crippen LogP contribution is -2.37. The Hall–Kier alpha value is -1.88. The molecule has 1 unspecified atom stereocenters. The van der Waals surface area contributed by atoms with Crippen LogP contribution in [0.2, 0.25) is 0 Å². The highest BCUT2D eigenvalue weighted by molar-refractivity contribution is 5.50. The number of rotatable bonds is 3. The largest absolute Gasteiger partial charge is 0.463 e. The van der Waals surface area contributed by atoms with Crippen molar-refractivity contribution >= 4 is 0 Å². The number of furan rings is 1. The summed E-state index contributed by atoms with van der Waals surface area (Å²) in [5.41, 5.74) is 1.03. The summed E-state index contributed by atoms with van der Waals surface area (Å²) in [6.07, 6.45) is 7.54. The van der Waals surface area contributed by atoms with Crippen molar-refractivity contribution in [2.75, 3.05) is 13.2 Å². The summed E-state index contributed by atoms with van der Waals surface area (Å²) in [5, 5.41) is 4.54. The standard InChI is InChI=1S/C18H22N2O3/c21-17-6-5-15(16-4-2-10-23-16)19-20(17)13-14-3-1-7-18(14)8-11-22-12-9-18/h2,4-6,10,14H,1,3,7-9,11-13H2. The Labute approximate surface area is 135 Å². The first kappa shape index (κ1) is 14.7. The van der Waals surface area contributed by atoms with Gasteiger partial charge in [-0.15, -0.1) is 0 Å². The molecule has 0 aromatic carbocycles. The molecule has 2 aliphatic rings. The lowest BCUT2D eigenvalue weighted by molar-refractivity contribution is -0.0106. The number of hydrogen-bond donors (Lipinski definition) is 0. The van der Waals surface area contributed by atoms with Gasteiger partial charge in [0, 0.05) is 25.8 Å². The maximum absolute atomic E-state index is 12.2. The third-order valence-electron chi connectivity index (χ3n) is 5.62. The average Bonchev–Trinajstić information content (AvgIpc) is 3.22. The van der Waals surface area contributed by atoms with Crippen LogP contribution in [0.5, 0.6) is 0 Å². The summed E-state index contributed by atoms with van der Waals surface area (Å²) in [4.78, 5) is 12.2. The summed E-state index contributed by atoms with van der Waals surface area (Å²) >= 11 is 0. The molecule has 3 heterocycles. The van der Waals surface area contributed by atoms with Crippen molar-refractivity contribution < 1.29 is 9.15 Å². The third-order valence-corrected chi connectivity index (χ3v) is 5.62. The molecule has 2 aromatic heterocycles. The first-order valence-corrected chi connectivity index (χ1v) is 8.47. The van der Waals surface area contributed by atoms with Gasteiger partial charge in [-0.25, -0.2) is 4.68 Å². The second-order valence-corrected chi connectivity index (χ2v) is 6.78. The fraction of sp³-hybridized carbons (Fsp3) is 0.556. The van der Waals surface area contributed by atoms with Gasteiger partial charge < -0.3 is 9.15 Å². The van der Waals surface area contributed by atoms with Gasteiger partial charge in [0.25, 0.3) is 5.56 Å². The Morgan fingerprint density at radius 2 is 2.09 bits per heavy atom. The molecular weight excluding hydrogens is 292 g/mol. The SMILES string of the molecule is O=c1ccc(-c2ccco2)nn1CC1CCCC12CCOCC2. The second-order valence-electron chi connectivity index (χ2n) is 6.78. The zero-order chi connectivity index (χ0) is 15.7. The maximum Gasteiger partial charge on any atom is 0.266 e. The molecule has 1 spiro atoms. The van der Waals surface area contributed by atoms with Crippen molar-refractivity contribution in [3.8, 4) is 11.5 Å². The van der Waals surface area contributed by atoms with E-state index >= 15 is 0 Å². The van der Waals surface area contributed by atoms with Crippen molar-refractivity contribution in [3.05, 3.63) is 40.9 Å². The van der Waals surface area contributed by atoms with Crippen LogP contribution in [-0.2, 0) is 11.3 Å². The fourth-order valence-corrected chi connectivity index (χ4v) is 4.28. The van der Waals surface area contributed by atoms with E-state index in [1.807, 2.05) is 12.1 Å². The zero-order valence-electron chi connectivity index (χ0n) is 13.2. The van der Waals surface area contributed by atoms with E-state index in [1.165, 1.54) is 19.3 Å². The highest BCUT2D eigenvalue weighted by atomic mass is 16.5. The van der Waals surface area contributed by atoms with Gasteiger partial charge in [0.1, 0.15) is 5.69 Å². The minimum Gasteiger partial charge on any atom is -0.463 e. The molecule has 2 fully saturated rings. The molecule has 4 rings (SSSR count). The van der Waals surface area contributed by atoms with Crippen LogP contribution in [0, 0.1) is 11.3 Å². The maximum atomic E-state index is 12.2. The normalized spacial score (nSPS) is 23.4. The van der Waals surface area contributed by atoms with Crippen molar-refractivity contribution in [3.63, 3.8) is 0 Å². The summed E-state index contributed by atoms with van der Waals surface area (Å²) in [6.45, 7) is 2.41.